The molecule has 100 valence electrons. The second-order valence-electron chi connectivity index (χ2n) is 5.20. The zero-order chi connectivity index (χ0) is 13.6. The molecule has 0 spiro atoms. The predicted molar refractivity (Wildman–Crippen MR) is 75.8 cm³/mol. The van der Waals surface area contributed by atoms with Crippen LogP contribution in [-0.2, 0) is 4.79 Å². The number of carbonyl (C=O) groups is 1. The molecule has 0 aliphatic carbocycles. The summed E-state index contributed by atoms with van der Waals surface area (Å²) in [5, 5.41) is 11.9. The molecule has 4 heteroatoms. The van der Waals surface area contributed by atoms with Gasteiger partial charge in [-0.1, -0.05) is 31.5 Å². The van der Waals surface area contributed by atoms with Crippen molar-refractivity contribution in [3.8, 4) is 0 Å². The quantitative estimate of drug-likeness (QED) is 0.777. The van der Waals surface area contributed by atoms with E-state index in [9.17, 15) is 4.79 Å². The summed E-state index contributed by atoms with van der Waals surface area (Å²) in [5.41, 5.74) is 0.956. The highest BCUT2D eigenvalue weighted by Gasteiger charge is 2.17. The van der Waals surface area contributed by atoms with E-state index in [1.807, 2.05) is 45.0 Å². The van der Waals surface area contributed by atoms with Gasteiger partial charge in [0.1, 0.15) is 0 Å². The molecule has 1 aromatic rings. The molecule has 0 bridgehead atoms. The lowest BCUT2D eigenvalue weighted by Crippen LogP contribution is -2.36. The van der Waals surface area contributed by atoms with Crippen molar-refractivity contribution in [3.05, 3.63) is 29.8 Å². The second-order valence-corrected chi connectivity index (χ2v) is 6.25. The first-order valence-corrected chi connectivity index (χ1v) is 6.98. The smallest absolute Gasteiger partial charge is 0.230 e. The maximum Gasteiger partial charge on any atom is 0.230 e. The number of aliphatic hydroxyl groups is 1. The summed E-state index contributed by atoms with van der Waals surface area (Å²) in [6.07, 6.45) is 0. The predicted octanol–water partition coefficient (Wildman–Crippen LogP) is 2.22. The number of carbonyl (C=O) groups excluding carboxylic acids is 1. The average Bonchev–Trinajstić information content (AvgIpc) is 2.36. The minimum absolute atomic E-state index is 0.00194. The first-order chi connectivity index (χ1) is 8.43. The van der Waals surface area contributed by atoms with E-state index in [4.69, 9.17) is 5.11 Å². The molecule has 1 aromatic carbocycles. The summed E-state index contributed by atoms with van der Waals surface area (Å²) in [6, 6.07) is 8.11. The summed E-state index contributed by atoms with van der Waals surface area (Å²) in [7, 11) is 0. The Kier molecular flexibility index (Phi) is 5.69. The Labute approximate surface area is 113 Å². The summed E-state index contributed by atoms with van der Waals surface area (Å²) in [6.45, 7) is 6.44. The van der Waals surface area contributed by atoms with E-state index >= 15 is 0 Å². The van der Waals surface area contributed by atoms with Crippen LogP contribution in [0.5, 0.6) is 0 Å². The van der Waals surface area contributed by atoms with Crippen LogP contribution in [0.1, 0.15) is 19.4 Å². The molecule has 0 atom stereocenters. The van der Waals surface area contributed by atoms with Gasteiger partial charge in [0.15, 0.2) is 0 Å². The molecule has 3 nitrogen and oxygen atoms in total. The highest BCUT2D eigenvalue weighted by Crippen LogP contribution is 2.18. The van der Waals surface area contributed by atoms with Gasteiger partial charge in [0.05, 0.1) is 5.75 Å². The Balaban J connectivity index is 2.31. The van der Waals surface area contributed by atoms with Gasteiger partial charge in [-0.2, -0.15) is 0 Å². The molecular formula is C14H21NO2S. The van der Waals surface area contributed by atoms with Crippen LogP contribution < -0.4 is 5.32 Å². The maximum absolute atomic E-state index is 11.6. The summed E-state index contributed by atoms with van der Waals surface area (Å²) < 4.78 is 0. The number of thioether (sulfide) groups is 1. The monoisotopic (exact) mass is 267 g/mol. The van der Waals surface area contributed by atoms with Crippen molar-refractivity contribution in [2.45, 2.75) is 25.7 Å². The number of benzene rings is 1. The minimum atomic E-state index is -0.260. The van der Waals surface area contributed by atoms with Crippen molar-refractivity contribution in [1.29, 1.82) is 0 Å². The van der Waals surface area contributed by atoms with Crippen LogP contribution in [0, 0.1) is 12.3 Å². The molecule has 0 aromatic heterocycles. The lowest BCUT2D eigenvalue weighted by molar-refractivity contribution is -0.119. The van der Waals surface area contributed by atoms with Crippen molar-refractivity contribution in [1.82, 2.24) is 5.32 Å². The standard InChI is InChI=1S/C14H21NO2S/c1-11-4-6-12(7-5-11)18-8-13(17)15-9-14(2,3)10-16/h4-7,16H,8-10H2,1-3H3,(H,15,17). The van der Waals surface area contributed by atoms with Crippen molar-refractivity contribution >= 4 is 17.7 Å². The molecule has 0 saturated heterocycles. The summed E-state index contributed by atoms with van der Waals surface area (Å²) in [5.74, 6) is 0.409. The lowest BCUT2D eigenvalue weighted by atomic mass is 9.95. The van der Waals surface area contributed by atoms with E-state index in [1.165, 1.54) is 17.3 Å². The molecule has 0 saturated carbocycles. The molecule has 1 rings (SSSR count). The molecule has 18 heavy (non-hydrogen) atoms. The van der Waals surface area contributed by atoms with E-state index in [2.05, 4.69) is 5.32 Å². The molecule has 0 aliphatic heterocycles. The lowest BCUT2D eigenvalue weighted by Gasteiger charge is -2.21. The van der Waals surface area contributed by atoms with Crippen LogP contribution in [-0.4, -0.2) is 29.9 Å². The van der Waals surface area contributed by atoms with Crippen molar-refractivity contribution in [2.75, 3.05) is 18.9 Å². The van der Waals surface area contributed by atoms with Gasteiger partial charge in [-0.05, 0) is 19.1 Å². The van der Waals surface area contributed by atoms with Crippen LogP contribution in [0.15, 0.2) is 29.2 Å². The number of aliphatic hydroxyl groups excluding tert-OH is 1. The topological polar surface area (TPSA) is 49.3 Å². The molecule has 0 aliphatic rings. The van der Waals surface area contributed by atoms with Crippen molar-refractivity contribution in [2.24, 2.45) is 5.41 Å². The number of nitrogens with one attached hydrogen (secondary N) is 1. The fourth-order valence-corrected chi connectivity index (χ4v) is 1.96. The van der Waals surface area contributed by atoms with E-state index in [1.54, 1.807) is 0 Å². The van der Waals surface area contributed by atoms with Crippen LogP contribution >= 0.6 is 11.8 Å². The van der Waals surface area contributed by atoms with Crippen LogP contribution in [0.25, 0.3) is 0 Å². The van der Waals surface area contributed by atoms with Gasteiger partial charge < -0.3 is 10.4 Å². The normalized spacial score (nSPS) is 11.3. The number of hydrogen-bond donors (Lipinski definition) is 2. The van der Waals surface area contributed by atoms with E-state index in [-0.39, 0.29) is 17.9 Å². The van der Waals surface area contributed by atoms with Gasteiger partial charge in [-0.15, -0.1) is 11.8 Å². The first-order valence-electron chi connectivity index (χ1n) is 6.00. The SMILES string of the molecule is Cc1ccc(SCC(=O)NCC(C)(C)CO)cc1. The molecule has 2 N–H and O–H groups in total. The Morgan fingerprint density at radius 3 is 2.50 bits per heavy atom. The van der Waals surface area contributed by atoms with E-state index in [0.29, 0.717) is 12.3 Å². The maximum atomic E-state index is 11.6. The Bertz CT molecular complexity index is 387. The molecular weight excluding hydrogens is 246 g/mol. The third-order valence-corrected chi connectivity index (χ3v) is 3.60. The molecule has 1 amide bonds. The zero-order valence-corrected chi connectivity index (χ0v) is 12.0. The molecule has 0 heterocycles. The van der Waals surface area contributed by atoms with Crippen molar-refractivity contribution < 1.29 is 9.90 Å². The van der Waals surface area contributed by atoms with Gasteiger partial charge in [-0.3, -0.25) is 4.79 Å². The fraction of sp³-hybridized carbons (Fsp3) is 0.500. The van der Waals surface area contributed by atoms with Crippen LogP contribution in [0.3, 0.4) is 0 Å². The summed E-state index contributed by atoms with van der Waals surface area (Å²) in [4.78, 5) is 12.7. The van der Waals surface area contributed by atoms with Crippen molar-refractivity contribution in [3.63, 3.8) is 0 Å². The van der Waals surface area contributed by atoms with Gasteiger partial charge in [-0.25, -0.2) is 0 Å². The highest BCUT2D eigenvalue weighted by atomic mass is 32.2. The van der Waals surface area contributed by atoms with Gasteiger partial charge >= 0.3 is 0 Å². The Morgan fingerprint density at radius 1 is 1.33 bits per heavy atom. The Hall–Kier alpha value is -1.00. The van der Waals surface area contributed by atoms with Crippen LogP contribution in [0.2, 0.25) is 0 Å². The average molecular weight is 267 g/mol. The van der Waals surface area contributed by atoms with Gasteiger partial charge in [0.25, 0.3) is 0 Å². The second kappa shape index (κ2) is 6.81. The molecule has 0 unspecified atom stereocenters. The zero-order valence-electron chi connectivity index (χ0n) is 11.2. The molecule has 0 fully saturated rings. The fourth-order valence-electron chi connectivity index (χ4n) is 1.23. The minimum Gasteiger partial charge on any atom is -0.396 e. The molecule has 0 radical (unpaired) electrons. The number of rotatable bonds is 6. The Morgan fingerprint density at radius 2 is 1.94 bits per heavy atom. The number of hydrogen-bond acceptors (Lipinski definition) is 3. The third-order valence-electron chi connectivity index (χ3n) is 2.58. The van der Waals surface area contributed by atoms with Gasteiger partial charge in [0, 0.05) is 23.5 Å². The third kappa shape index (κ3) is 5.56. The largest absolute Gasteiger partial charge is 0.396 e. The van der Waals surface area contributed by atoms with E-state index < -0.39 is 0 Å². The first kappa shape index (κ1) is 15.1. The highest BCUT2D eigenvalue weighted by molar-refractivity contribution is 8.00. The summed E-state index contributed by atoms with van der Waals surface area (Å²) >= 11 is 1.52. The number of amides is 1. The number of aryl methyl sites for hydroxylation is 1. The van der Waals surface area contributed by atoms with Gasteiger partial charge in [0.2, 0.25) is 5.91 Å². The van der Waals surface area contributed by atoms with E-state index in [0.717, 1.165) is 4.90 Å². The van der Waals surface area contributed by atoms with Crippen LogP contribution in [0.4, 0.5) is 0 Å².